The Morgan fingerprint density at radius 3 is 2.38 bits per heavy atom. The van der Waals surface area contributed by atoms with Crippen molar-refractivity contribution in [2.45, 2.75) is 6.04 Å². The number of hydrogen-bond donors (Lipinski definition) is 1. The van der Waals surface area contributed by atoms with Crippen LogP contribution in [0.2, 0.25) is 5.02 Å². The van der Waals surface area contributed by atoms with Gasteiger partial charge in [-0.05, 0) is 17.7 Å². The number of nitrogens with two attached hydrogens (primary N) is 1. The van der Waals surface area contributed by atoms with Gasteiger partial charge in [0.05, 0.1) is 12.6 Å². The molecule has 0 aliphatic heterocycles. The predicted molar refractivity (Wildman–Crippen MR) is 57.5 cm³/mol. The minimum Gasteiger partial charge on any atom is -0.383 e. The van der Waals surface area contributed by atoms with Gasteiger partial charge in [0, 0.05) is 12.1 Å². The molecule has 0 saturated heterocycles. The van der Waals surface area contributed by atoms with Crippen LogP contribution in [0.4, 0.5) is 0 Å². The standard InChI is InChI=1S/C9H12ClNO.ClH/c1-12-6-9(11)7-2-4-8(10)5-3-7;/h2-5,9H,6,11H2,1H3;1H. The van der Waals surface area contributed by atoms with Crippen molar-refractivity contribution in [3.05, 3.63) is 34.9 Å². The summed E-state index contributed by atoms with van der Waals surface area (Å²) in [6, 6.07) is 7.41. The summed E-state index contributed by atoms with van der Waals surface area (Å²) in [6.07, 6.45) is 0. The van der Waals surface area contributed by atoms with E-state index in [9.17, 15) is 0 Å². The first-order valence-electron chi connectivity index (χ1n) is 3.74. The highest BCUT2D eigenvalue weighted by Gasteiger charge is 2.03. The fraction of sp³-hybridized carbons (Fsp3) is 0.333. The Hall–Kier alpha value is -0.280. The van der Waals surface area contributed by atoms with E-state index >= 15 is 0 Å². The van der Waals surface area contributed by atoms with Gasteiger partial charge in [0.25, 0.3) is 0 Å². The third-order valence-corrected chi connectivity index (χ3v) is 1.90. The van der Waals surface area contributed by atoms with E-state index in [-0.39, 0.29) is 18.4 Å². The van der Waals surface area contributed by atoms with Gasteiger partial charge in [-0.1, -0.05) is 23.7 Å². The first kappa shape index (κ1) is 12.7. The molecule has 1 aromatic rings. The Labute approximate surface area is 89.4 Å². The summed E-state index contributed by atoms with van der Waals surface area (Å²) in [4.78, 5) is 0. The molecule has 1 rings (SSSR count). The predicted octanol–water partition coefficient (Wildman–Crippen LogP) is 2.41. The van der Waals surface area contributed by atoms with E-state index < -0.39 is 0 Å². The number of halogens is 2. The second-order valence-electron chi connectivity index (χ2n) is 2.61. The smallest absolute Gasteiger partial charge is 0.0655 e. The van der Waals surface area contributed by atoms with Gasteiger partial charge in [-0.15, -0.1) is 12.4 Å². The molecular weight excluding hydrogens is 209 g/mol. The van der Waals surface area contributed by atoms with Crippen LogP contribution < -0.4 is 5.73 Å². The van der Waals surface area contributed by atoms with Crippen molar-refractivity contribution < 1.29 is 4.74 Å². The summed E-state index contributed by atoms with van der Waals surface area (Å²) in [7, 11) is 1.63. The molecule has 4 heteroatoms. The highest BCUT2D eigenvalue weighted by Crippen LogP contribution is 2.14. The zero-order valence-corrected chi connectivity index (χ0v) is 8.94. The van der Waals surface area contributed by atoms with E-state index in [1.165, 1.54) is 0 Å². The summed E-state index contributed by atoms with van der Waals surface area (Å²) >= 11 is 5.72. The highest BCUT2D eigenvalue weighted by molar-refractivity contribution is 6.30. The topological polar surface area (TPSA) is 35.2 Å². The molecular formula is C9H13Cl2NO. The van der Waals surface area contributed by atoms with Crippen LogP contribution in [-0.4, -0.2) is 13.7 Å². The zero-order valence-electron chi connectivity index (χ0n) is 7.37. The van der Waals surface area contributed by atoms with Crippen LogP contribution in [0.1, 0.15) is 11.6 Å². The van der Waals surface area contributed by atoms with E-state index in [4.69, 9.17) is 22.1 Å². The quantitative estimate of drug-likeness (QED) is 0.852. The summed E-state index contributed by atoms with van der Waals surface area (Å²) < 4.78 is 4.93. The molecule has 0 amide bonds. The minimum absolute atomic E-state index is 0. The molecule has 0 saturated carbocycles. The molecule has 2 N–H and O–H groups in total. The third-order valence-electron chi connectivity index (χ3n) is 1.64. The normalized spacial score (nSPS) is 11.9. The van der Waals surface area contributed by atoms with Crippen LogP contribution in [0.3, 0.4) is 0 Å². The number of benzene rings is 1. The Morgan fingerprint density at radius 1 is 1.38 bits per heavy atom. The molecule has 0 fully saturated rings. The number of rotatable bonds is 3. The van der Waals surface area contributed by atoms with Crippen LogP contribution in [0.5, 0.6) is 0 Å². The van der Waals surface area contributed by atoms with Crippen molar-refractivity contribution in [1.29, 1.82) is 0 Å². The molecule has 0 aliphatic rings. The number of ether oxygens (including phenoxy) is 1. The average Bonchev–Trinajstić information content (AvgIpc) is 2.06. The van der Waals surface area contributed by atoms with E-state index in [2.05, 4.69) is 0 Å². The molecule has 0 spiro atoms. The van der Waals surface area contributed by atoms with Gasteiger partial charge >= 0.3 is 0 Å². The number of hydrogen-bond acceptors (Lipinski definition) is 2. The van der Waals surface area contributed by atoms with E-state index in [1.54, 1.807) is 7.11 Å². The van der Waals surface area contributed by atoms with Gasteiger partial charge in [-0.3, -0.25) is 0 Å². The van der Waals surface area contributed by atoms with Crippen molar-refractivity contribution in [2.24, 2.45) is 5.73 Å². The Kier molecular flexibility index (Phi) is 6.08. The van der Waals surface area contributed by atoms with Crippen molar-refractivity contribution >= 4 is 24.0 Å². The molecule has 13 heavy (non-hydrogen) atoms. The average molecular weight is 222 g/mol. The lowest BCUT2D eigenvalue weighted by molar-refractivity contribution is 0.181. The van der Waals surface area contributed by atoms with E-state index in [0.717, 1.165) is 10.6 Å². The van der Waals surface area contributed by atoms with Gasteiger partial charge in [-0.2, -0.15) is 0 Å². The second kappa shape index (κ2) is 6.22. The van der Waals surface area contributed by atoms with Crippen LogP contribution in [-0.2, 0) is 4.74 Å². The summed E-state index contributed by atoms with van der Waals surface area (Å²) in [6.45, 7) is 0.529. The first-order valence-corrected chi connectivity index (χ1v) is 4.12. The van der Waals surface area contributed by atoms with Gasteiger partial charge in [0.2, 0.25) is 0 Å². The van der Waals surface area contributed by atoms with Crippen molar-refractivity contribution in [2.75, 3.05) is 13.7 Å². The van der Waals surface area contributed by atoms with Gasteiger partial charge in [-0.25, -0.2) is 0 Å². The molecule has 1 atom stereocenters. The molecule has 2 nitrogen and oxygen atoms in total. The van der Waals surface area contributed by atoms with Crippen LogP contribution in [0.25, 0.3) is 0 Å². The van der Waals surface area contributed by atoms with Crippen molar-refractivity contribution in [3.63, 3.8) is 0 Å². The number of methoxy groups -OCH3 is 1. The fourth-order valence-electron chi connectivity index (χ4n) is 0.986. The molecule has 0 bridgehead atoms. The highest BCUT2D eigenvalue weighted by atomic mass is 35.5. The molecule has 0 aromatic heterocycles. The first-order chi connectivity index (χ1) is 5.74. The Morgan fingerprint density at radius 2 is 1.92 bits per heavy atom. The second-order valence-corrected chi connectivity index (χ2v) is 3.05. The zero-order chi connectivity index (χ0) is 8.97. The van der Waals surface area contributed by atoms with Crippen LogP contribution in [0, 0.1) is 0 Å². The molecule has 0 heterocycles. The van der Waals surface area contributed by atoms with E-state index in [0.29, 0.717) is 6.61 Å². The molecule has 0 aliphatic carbocycles. The minimum atomic E-state index is -0.0627. The van der Waals surface area contributed by atoms with Crippen LogP contribution >= 0.6 is 24.0 Å². The van der Waals surface area contributed by atoms with Crippen LogP contribution in [0.15, 0.2) is 24.3 Å². The Bertz CT molecular complexity index is 238. The lowest BCUT2D eigenvalue weighted by Gasteiger charge is -2.09. The molecule has 74 valence electrons. The third kappa shape index (κ3) is 3.96. The van der Waals surface area contributed by atoms with Gasteiger partial charge < -0.3 is 10.5 Å². The van der Waals surface area contributed by atoms with Gasteiger partial charge in [0.1, 0.15) is 0 Å². The summed E-state index contributed by atoms with van der Waals surface area (Å²) in [5.41, 5.74) is 6.83. The molecule has 1 unspecified atom stereocenters. The fourth-order valence-corrected chi connectivity index (χ4v) is 1.11. The van der Waals surface area contributed by atoms with Crippen molar-refractivity contribution in [3.8, 4) is 0 Å². The molecule has 1 aromatic carbocycles. The maximum atomic E-state index is 5.79. The molecule has 0 radical (unpaired) electrons. The van der Waals surface area contributed by atoms with Gasteiger partial charge in [0.15, 0.2) is 0 Å². The van der Waals surface area contributed by atoms with E-state index in [1.807, 2.05) is 24.3 Å². The summed E-state index contributed by atoms with van der Waals surface area (Å²) in [5, 5.41) is 0.725. The summed E-state index contributed by atoms with van der Waals surface area (Å²) in [5.74, 6) is 0. The SMILES string of the molecule is COCC(N)c1ccc(Cl)cc1.Cl. The maximum absolute atomic E-state index is 5.79. The maximum Gasteiger partial charge on any atom is 0.0655 e. The van der Waals surface area contributed by atoms with Crippen molar-refractivity contribution in [1.82, 2.24) is 0 Å². The lowest BCUT2D eigenvalue weighted by atomic mass is 10.1. The monoisotopic (exact) mass is 221 g/mol. The largest absolute Gasteiger partial charge is 0.383 e. The Balaban J connectivity index is 0.00000144. The lowest BCUT2D eigenvalue weighted by Crippen LogP contribution is -2.15.